The molecule has 1 aromatic heterocycles. The third-order valence-electron chi connectivity index (χ3n) is 4.12. The van der Waals surface area contributed by atoms with Gasteiger partial charge in [0.15, 0.2) is 3.95 Å². The van der Waals surface area contributed by atoms with Crippen LogP contribution in [0.25, 0.3) is 17.3 Å². The summed E-state index contributed by atoms with van der Waals surface area (Å²) in [5.41, 5.74) is 4.25. The van der Waals surface area contributed by atoms with E-state index in [1.165, 1.54) is 34.1 Å². The number of thiazole rings is 1. The molecule has 0 saturated heterocycles. The quantitative estimate of drug-likeness (QED) is 0.502. The molecule has 1 N–H and O–H groups in total. The van der Waals surface area contributed by atoms with Gasteiger partial charge in [-0.25, -0.2) is 4.39 Å². The largest absolute Gasteiger partial charge is 0.493 e. The summed E-state index contributed by atoms with van der Waals surface area (Å²) in [6, 6.07) is 12.1. The second-order valence-electron chi connectivity index (χ2n) is 5.76. The molecule has 7 heteroatoms. The summed E-state index contributed by atoms with van der Waals surface area (Å²) in [6.07, 6.45) is 1.88. The van der Waals surface area contributed by atoms with Gasteiger partial charge in [0.05, 0.1) is 21.3 Å². The van der Waals surface area contributed by atoms with Gasteiger partial charge in [-0.05, 0) is 49.5 Å². The molecule has 2 heterocycles. The number of allylic oxidation sites excluding steroid dienone is 1. The Kier molecular flexibility index (Phi) is 4.26. The highest BCUT2D eigenvalue weighted by Gasteiger charge is 2.20. The molecule has 0 fully saturated rings. The number of aromatic hydroxyl groups is 1. The first kappa shape index (κ1) is 17.1. The Morgan fingerprint density at radius 2 is 2.04 bits per heavy atom. The van der Waals surface area contributed by atoms with E-state index in [4.69, 9.17) is 23.8 Å². The summed E-state index contributed by atoms with van der Waals surface area (Å²) >= 11 is 12.5. The molecule has 0 aliphatic carbocycles. The van der Waals surface area contributed by atoms with Crippen molar-refractivity contribution < 1.29 is 9.50 Å². The van der Waals surface area contributed by atoms with Crippen molar-refractivity contribution in [3.8, 4) is 11.6 Å². The number of fused-ring (bicyclic) bond motifs is 1. The maximum absolute atomic E-state index is 13.4. The molecule has 0 radical (unpaired) electrons. The maximum atomic E-state index is 13.4. The average Bonchev–Trinajstić information content (AvgIpc) is 3.07. The van der Waals surface area contributed by atoms with Crippen molar-refractivity contribution in [1.29, 1.82) is 0 Å². The fraction of sp³-hybridized carbons (Fsp3) is 0.0526. The lowest BCUT2D eigenvalue weighted by Crippen LogP contribution is -1.94. The molecule has 4 rings (SSSR count). The Bertz CT molecular complexity index is 1160. The second kappa shape index (κ2) is 6.46. The van der Waals surface area contributed by atoms with Crippen LogP contribution in [-0.4, -0.2) is 15.4 Å². The van der Waals surface area contributed by atoms with E-state index in [9.17, 15) is 9.50 Å². The van der Waals surface area contributed by atoms with E-state index >= 15 is 0 Å². The molecule has 2 aromatic carbocycles. The molecule has 1 aliphatic rings. The summed E-state index contributed by atoms with van der Waals surface area (Å²) in [5, 5.41) is 10.7. The summed E-state index contributed by atoms with van der Waals surface area (Å²) in [7, 11) is 0. The molecule has 0 atom stereocenters. The monoisotopic (exact) mass is 402 g/mol. The van der Waals surface area contributed by atoms with Crippen molar-refractivity contribution in [2.75, 3.05) is 0 Å². The Morgan fingerprint density at radius 1 is 1.27 bits per heavy atom. The van der Waals surface area contributed by atoms with Crippen LogP contribution in [0.15, 0.2) is 47.5 Å². The Labute approximate surface area is 163 Å². The normalized spacial score (nSPS) is 14.6. The van der Waals surface area contributed by atoms with Crippen LogP contribution in [0.4, 0.5) is 10.1 Å². The molecule has 0 spiro atoms. The van der Waals surface area contributed by atoms with Crippen molar-refractivity contribution in [3.05, 3.63) is 67.7 Å². The zero-order chi connectivity index (χ0) is 18.4. The fourth-order valence-electron chi connectivity index (χ4n) is 2.88. The summed E-state index contributed by atoms with van der Waals surface area (Å²) in [5.74, 6) is -0.527. The van der Waals surface area contributed by atoms with Gasteiger partial charge in [-0.1, -0.05) is 29.8 Å². The van der Waals surface area contributed by atoms with Crippen LogP contribution in [0.2, 0.25) is 5.02 Å². The molecule has 26 heavy (non-hydrogen) atoms. The molecule has 0 bridgehead atoms. The van der Waals surface area contributed by atoms with Gasteiger partial charge >= 0.3 is 0 Å². The van der Waals surface area contributed by atoms with Crippen LogP contribution < -0.4 is 0 Å². The Morgan fingerprint density at radius 3 is 2.81 bits per heavy atom. The minimum atomic E-state index is -0.520. The number of halogens is 2. The van der Waals surface area contributed by atoms with Crippen LogP contribution in [0, 0.1) is 9.77 Å². The molecule has 3 aromatic rings. The molecular formula is C19H12ClFN2OS2. The van der Waals surface area contributed by atoms with Gasteiger partial charge in [-0.3, -0.25) is 9.56 Å². The van der Waals surface area contributed by atoms with Crippen LogP contribution >= 0.6 is 35.2 Å². The molecule has 0 saturated carbocycles. The average molecular weight is 403 g/mol. The predicted octanol–water partition coefficient (Wildman–Crippen LogP) is 6.41. The molecule has 0 amide bonds. The highest BCUT2D eigenvalue weighted by atomic mass is 35.5. The van der Waals surface area contributed by atoms with Crippen LogP contribution in [-0.2, 0) is 0 Å². The van der Waals surface area contributed by atoms with E-state index in [-0.39, 0.29) is 10.9 Å². The van der Waals surface area contributed by atoms with Gasteiger partial charge in [0.25, 0.3) is 0 Å². The second-order valence-corrected chi connectivity index (χ2v) is 7.84. The van der Waals surface area contributed by atoms with Gasteiger partial charge in [-0.15, -0.1) is 11.3 Å². The molecular weight excluding hydrogens is 391 g/mol. The minimum Gasteiger partial charge on any atom is -0.493 e. The standard InChI is InChI=1S/C19H12ClFN2OS2/c1-10-13(12-4-2-3-5-16(12)22-10)9-17-18(24)23(19(25)26-17)11-6-7-15(21)14(20)8-11/h2-9,24H,1H3/b13-9+. The summed E-state index contributed by atoms with van der Waals surface area (Å²) in [6.45, 7) is 1.93. The van der Waals surface area contributed by atoms with Crippen molar-refractivity contribution in [1.82, 2.24) is 4.57 Å². The lowest BCUT2D eigenvalue weighted by atomic mass is 10.0. The number of aromatic nitrogens is 1. The van der Waals surface area contributed by atoms with E-state index < -0.39 is 5.82 Å². The lowest BCUT2D eigenvalue weighted by Gasteiger charge is -2.06. The molecule has 1 aliphatic heterocycles. The number of hydrogen-bond donors (Lipinski definition) is 1. The number of hydrogen-bond acceptors (Lipinski definition) is 4. The first-order valence-corrected chi connectivity index (χ1v) is 9.33. The zero-order valence-electron chi connectivity index (χ0n) is 13.5. The SMILES string of the molecule is CC1=Nc2ccccc2/C1=C/c1sc(=S)n(-c2ccc(F)c(Cl)c2)c1O. The van der Waals surface area contributed by atoms with Crippen molar-refractivity contribution in [2.24, 2.45) is 4.99 Å². The summed E-state index contributed by atoms with van der Waals surface area (Å²) < 4.78 is 15.3. The van der Waals surface area contributed by atoms with Gasteiger partial charge in [-0.2, -0.15) is 0 Å². The van der Waals surface area contributed by atoms with E-state index in [2.05, 4.69) is 4.99 Å². The van der Waals surface area contributed by atoms with Crippen LogP contribution in [0.5, 0.6) is 5.88 Å². The van der Waals surface area contributed by atoms with E-state index in [0.717, 1.165) is 22.5 Å². The minimum absolute atomic E-state index is 0.00708. The summed E-state index contributed by atoms with van der Waals surface area (Å²) in [4.78, 5) is 5.16. The maximum Gasteiger partial charge on any atom is 0.215 e. The van der Waals surface area contributed by atoms with Gasteiger partial charge in [0, 0.05) is 16.8 Å². The zero-order valence-corrected chi connectivity index (χ0v) is 15.9. The van der Waals surface area contributed by atoms with Gasteiger partial charge in [0.1, 0.15) is 5.82 Å². The fourth-order valence-corrected chi connectivity index (χ4v) is 4.34. The van der Waals surface area contributed by atoms with Gasteiger partial charge in [0.2, 0.25) is 5.88 Å². The van der Waals surface area contributed by atoms with Crippen LogP contribution in [0.1, 0.15) is 17.4 Å². The number of para-hydroxylation sites is 1. The van der Waals surface area contributed by atoms with Crippen molar-refractivity contribution in [3.63, 3.8) is 0 Å². The molecule has 0 unspecified atom stereocenters. The lowest BCUT2D eigenvalue weighted by molar-refractivity contribution is 0.441. The third kappa shape index (κ3) is 2.80. The van der Waals surface area contributed by atoms with E-state index in [0.29, 0.717) is 14.5 Å². The molecule has 130 valence electrons. The number of aliphatic imine (C=N–C) groups is 1. The van der Waals surface area contributed by atoms with E-state index in [1.807, 2.05) is 37.3 Å². The van der Waals surface area contributed by atoms with Crippen molar-refractivity contribution >= 4 is 58.2 Å². The third-order valence-corrected chi connectivity index (χ3v) is 5.72. The number of nitrogens with zero attached hydrogens (tertiary/aromatic N) is 2. The van der Waals surface area contributed by atoms with E-state index in [1.54, 1.807) is 0 Å². The molecule has 3 nitrogen and oxygen atoms in total. The van der Waals surface area contributed by atoms with Gasteiger partial charge < -0.3 is 5.11 Å². The highest BCUT2D eigenvalue weighted by Crippen LogP contribution is 2.39. The Balaban J connectivity index is 1.85. The smallest absolute Gasteiger partial charge is 0.215 e. The predicted molar refractivity (Wildman–Crippen MR) is 108 cm³/mol. The first-order valence-electron chi connectivity index (χ1n) is 7.72. The Hall–Kier alpha value is -2.28. The van der Waals surface area contributed by atoms with Crippen LogP contribution in [0.3, 0.4) is 0 Å². The van der Waals surface area contributed by atoms with Crippen molar-refractivity contribution in [2.45, 2.75) is 6.92 Å². The highest BCUT2D eigenvalue weighted by molar-refractivity contribution is 7.73. The topological polar surface area (TPSA) is 37.5 Å². The first-order chi connectivity index (χ1) is 12.5. The number of benzene rings is 2. The number of rotatable bonds is 2.